The van der Waals surface area contributed by atoms with Gasteiger partial charge >= 0.3 is 0 Å². The maximum atomic E-state index is 13.0. The second-order valence-corrected chi connectivity index (χ2v) is 6.88. The van der Waals surface area contributed by atoms with Crippen molar-refractivity contribution in [2.45, 2.75) is 12.6 Å². The average Bonchev–Trinajstić information content (AvgIpc) is 3.25. The van der Waals surface area contributed by atoms with Crippen LogP contribution in [0.15, 0.2) is 60.1 Å². The molecular weight excluding hydrogens is 328 g/mol. The first-order valence-electron chi connectivity index (χ1n) is 7.49. The number of aromatic nitrogens is 1. The smallest absolute Gasteiger partial charge is 0.264 e. The Hall–Kier alpha value is -2.04. The third kappa shape index (κ3) is 2.48. The molecule has 116 valence electrons. The number of hydrogen-bond donors (Lipinski definition) is 0. The second kappa shape index (κ2) is 5.87. The quantitative estimate of drug-likeness (QED) is 0.675. The molecule has 0 fully saturated rings. The molecule has 0 bridgehead atoms. The van der Waals surface area contributed by atoms with Crippen LogP contribution in [0.1, 0.15) is 27.0 Å². The van der Waals surface area contributed by atoms with Gasteiger partial charge in [-0.1, -0.05) is 35.9 Å². The number of amides is 1. The van der Waals surface area contributed by atoms with E-state index in [1.807, 2.05) is 52.7 Å². The van der Waals surface area contributed by atoms with E-state index in [4.69, 9.17) is 11.6 Å². The van der Waals surface area contributed by atoms with Gasteiger partial charge in [-0.2, -0.15) is 0 Å². The van der Waals surface area contributed by atoms with Gasteiger partial charge in [0.15, 0.2) is 0 Å². The lowest BCUT2D eigenvalue weighted by Crippen LogP contribution is -2.42. The number of thiophene rings is 1. The normalized spacial score (nSPS) is 17.1. The molecule has 0 saturated carbocycles. The van der Waals surface area contributed by atoms with Crippen LogP contribution in [0.4, 0.5) is 0 Å². The van der Waals surface area contributed by atoms with E-state index < -0.39 is 0 Å². The van der Waals surface area contributed by atoms with Crippen LogP contribution in [-0.2, 0) is 6.54 Å². The van der Waals surface area contributed by atoms with E-state index in [0.717, 1.165) is 22.7 Å². The summed E-state index contributed by atoms with van der Waals surface area (Å²) < 4.78 is 2.20. The zero-order chi connectivity index (χ0) is 15.8. The van der Waals surface area contributed by atoms with Gasteiger partial charge in [0.25, 0.3) is 5.91 Å². The summed E-state index contributed by atoms with van der Waals surface area (Å²) in [5, 5.41) is 2.63. The highest BCUT2D eigenvalue weighted by Gasteiger charge is 2.33. The van der Waals surface area contributed by atoms with Crippen molar-refractivity contribution >= 4 is 28.8 Å². The van der Waals surface area contributed by atoms with Crippen molar-refractivity contribution in [1.29, 1.82) is 0 Å². The Morgan fingerprint density at radius 3 is 2.74 bits per heavy atom. The maximum absolute atomic E-state index is 13.0. The first kappa shape index (κ1) is 14.5. The molecule has 1 aromatic carbocycles. The van der Waals surface area contributed by atoms with E-state index in [-0.39, 0.29) is 11.9 Å². The Morgan fingerprint density at radius 2 is 1.96 bits per heavy atom. The van der Waals surface area contributed by atoms with Gasteiger partial charge in [0.05, 0.1) is 10.9 Å². The largest absolute Gasteiger partial charge is 0.348 e. The Morgan fingerprint density at radius 1 is 1.09 bits per heavy atom. The molecule has 0 N–H and O–H groups in total. The standard InChI is InChI=1S/C18H15ClN2OS/c19-14-6-2-1-5-13(14)17-15-7-3-9-20(15)10-11-21(17)18(22)16-8-4-12-23-16/h1-9,12,17H,10-11H2. The van der Waals surface area contributed by atoms with Crippen molar-refractivity contribution in [3.63, 3.8) is 0 Å². The molecule has 3 heterocycles. The molecular formula is C18H15ClN2OS. The van der Waals surface area contributed by atoms with Gasteiger partial charge in [0.2, 0.25) is 0 Å². The summed E-state index contributed by atoms with van der Waals surface area (Å²) >= 11 is 7.92. The minimum absolute atomic E-state index is 0.0670. The molecule has 23 heavy (non-hydrogen) atoms. The lowest BCUT2D eigenvalue weighted by molar-refractivity contribution is 0.0669. The van der Waals surface area contributed by atoms with Crippen molar-refractivity contribution in [2.24, 2.45) is 0 Å². The van der Waals surface area contributed by atoms with Crippen LogP contribution < -0.4 is 0 Å². The summed E-state index contributed by atoms with van der Waals surface area (Å²) in [4.78, 5) is 15.7. The van der Waals surface area contributed by atoms with Gasteiger partial charge < -0.3 is 9.47 Å². The minimum atomic E-state index is -0.151. The Kier molecular flexibility index (Phi) is 3.71. The molecule has 1 unspecified atom stereocenters. The van der Waals surface area contributed by atoms with Crippen molar-refractivity contribution in [2.75, 3.05) is 6.54 Å². The highest BCUT2D eigenvalue weighted by Crippen LogP contribution is 2.37. The second-order valence-electron chi connectivity index (χ2n) is 5.53. The number of rotatable bonds is 2. The summed E-state index contributed by atoms with van der Waals surface area (Å²) in [6.07, 6.45) is 2.06. The van der Waals surface area contributed by atoms with Crippen LogP contribution in [0.25, 0.3) is 0 Å². The monoisotopic (exact) mass is 342 g/mol. The van der Waals surface area contributed by atoms with E-state index in [2.05, 4.69) is 16.8 Å². The van der Waals surface area contributed by atoms with E-state index in [9.17, 15) is 4.79 Å². The number of nitrogens with zero attached hydrogens (tertiary/aromatic N) is 2. The zero-order valence-electron chi connectivity index (χ0n) is 12.4. The molecule has 0 radical (unpaired) electrons. The van der Waals surface area contributed by atoms with E-state index in [1.165, 1.54) is 11.3 Å². The molecule has 2 aromatic heterocycles. The van der Waals surface area contributed by atoms with Crippen molar-refractivity contribution in [3.8, 4) is 0 Å². The molecule has 0 saturated heterocycles. The highest BCUT2D eigenvalue weighted by molar-refractivity contribution is 7.12. The van der Waals surface area contributed by atoms with Gasteiger partial charge in [-0.15, -0.1) is 11.3 Å². The Balaban J connectivity index is 1.83. The van der Waals surface area contributed by atoms with Gasteiger partial charge in [-0.05, 0) is 35.2 Å². The van der Waals surface area contributed by atoms with E-state index in [0.29, 0.717) is 11.6 Å². The zero-order valence-corrected chi connectivity index (χ0v) is 13.9. The molecule has 4 rings (SSSR count). The van der Waals surface area contributed by atoms with Crippen molar-refractivity contribution in [3.05, 3.63) is 81.3 Å². The number of benzene rings is 1. The molecule has 1 amide bonds. The summed E-state index contributed by atoms with van der Waals surface area (Å²) in [6.45, 7) is 1.48. The Bertz CT molecular complexity index is 840. The van der Waals surface area contributed by atoms with Gasteiger partial charge in [-0.3, -0.25) is 4.79 Å². The van der Waals surface area contributed by atoms with Gasteiger partial charge in [-0.25, -0.2) is 0 Å². The lowest BCUT2D eigenvalue weighted by atomic mass is 9.99. The minimum Gasteiger partial charge on any atom is -0.348 e. The SMILES string of the molecule is O=C(c1cccs1)N1CCn2cccc2C1c1ccccc1Cl. The summed E-state index contributed by atoms with van der Waals surface area (Å²) in [5.41, 5.74) is 2.08. The molecule has 3 aromatic rings. The predicted molar refractivity (Wildman–Crippen MR) is 93.1 cm³/mol. The summed E-state index contributed by atoms with van der Waals surface area (Å²) in [6, 6.07) is 15.5. The van der Waals surface area contributed by atoms with Crippen LogP contribution >= 0.6 is 22.9 Å². The molecule has 1 aliphatic heterocycles. The first-order valence-corrected chi connectivity index (χ1v) is 8.75. The molecule has 5 heteroatoms. The third-order valence-electron chi connectivity index (χ3n) is 4.23. The van der Waals surface area contributed by atoms with Crippen LogP contribution in [-0.4, -0.2) is 21.9 Å². The van der Waals surface area contributed by atoms with Crippen molar-refractivity contribution < 1.29 is 4.79 Å². The highest BCUT2D eigenvalue weighted by atomic mass is 35.5. The van der Waals surface area contributed by atoms with Crippen LogP contribution in [0.2, 0.25) is 5.02 Å². The fourth-order valence-corrected chi connectivity index (χ4v) is 4.09. The van der Waals surface area contributed by atoms with E-state index in [1.54, 1.807) is 0 Å². The lowest BCUT2D eigenvalue weighted by Gasteiger charge is -2.37. The summed E-state index contributed by atoms with van der Waals surface area (Å²) in [5.74, 6) is 0.0670. The number of carbonyl (C=O) groups is 1. The van der Waals surface area contributed by atoms with Gasteiger partial charge in [0, 0.05) is 30.0 Å². The number of carbonyl (C=O) groups excluding carboxylic acids is 1. The number of fused-ring (bicyclic) bond motifs is 1. The molecule has 0 spiro atoms. The number of halogens is 1. The number of hydrogen-bond acceptors (Lipinski definition) is 2. The van der Waals surface area contributed by atoms with E-state index >= 15 is 0 Å². The maximum Gasteiger partial charge on any atom is 0.264 e. The van der Waals surface area contributed by atoms with Crippen LogP contribution in [0, 0.1) is 0 Å². The molecule has 1 atom stereocenters. The van der Waals surface area contributed by atoms with Crippen LogP contribution in [0.3, 0.4) is 0 Å². The fraction of sp³-hybridized carbons (Fsp3) is 0.167. The predicted octanol–water partition coefficient (Wildman–Crippen LogP) is 4.45. The first-order chi connectivity index (χ1) is 11.3. The molecule has 3 nitrogen and oxygen atoms in total. The van der Waals surface area contributed by atoms with Crippen molar-refractivity contribution in [1.82, 2.24) is 9.47 Å². The molecule has 1 aliphatic rings. The average molecular weight is 343 g/mol. The third-order valence-corrected chi connectivity index (χ3v) is 5.43. The summed E-state index contributed by atoms with van der Waals surface area (Å²) in [7, 11) is 0. The molecule has 0 aliphatic carbocycles. The topological polar surface area (TPSA) is 25.2 Å². The van der Waals surface area contributed by atoms with Gasteiger partial charge in [0.1, 0.15) is 0 Å². The Labute approximate surface area is 143 Å². The fourth-order valence-electron chi connectivity index (χ4n) is 3.17. The van der Waals surface area contributed by atoms with Crippen LogP contribution in [0.5, 0.6) is 0 Å².